The molecule has 0 unspecified atom stereocenters. The van der Waals surface area contributed by atoms with Crippen LogP contribution in [0.1, 0.15) is 36.1 Å². The van der Waals surface area contributed by atoms with Crippen LogP contribution in [0.2, 0.25) is 0 Å². The first-order chi connectivity index (χ1) is 11.7. The van der Waals surface area contributed by atoms with Gasteiger partial charge in [-0.25, -0.2) is 0 Å². The second-order valence-corrected chi connectivity index (χ2v) is 7.21. The molecule has 1 saturated carbocycles. The second kappa shape index (κ2) is 4.90. The molecule has 0 N–H and O–H groups in total. The third kappa shape index (κ3) is 1.89. The van der Waals surface area contributed by atoms with Crippen molar-refractivity contribution in [2.24, 2.45) is 0 Å². The first-order valence-electron chi connectivity index (χ1n) is 8.67. The smallest absolute Gasteiger partial charge is 0.234 e. The number of rotatable bonds is 2. The highest BCUT2D eigenvalue weighted by atomic mass is 16.5. The van der Waals surface area contributed by atoms with Gasteiger partial charge in [0.2, 0.25) is 5.91 Å². The molecule has 1 saturated heterocycles. The number of ether oxygens (including phenoxy) is 1. The molecule has 24 heavy (non-hydrogen) atoms. The average molecular weight is 320 g/mol. The molecule has 1 amide bonds. The van der Waals surface area contributed by atoms with Crippen molar-refractivity contribution in [1.82, 2.24) is 9.88 Å². The van der Waals surface area contributed by atoms with Gasteiger partial charge in [0.05, 0.1) is 24.3 Å². The number of amides is 1. The molecule has 4 nitrogen and oxygen atoms in total. The molecule has 2 fully saturated rings. The molecule has 3 aliphatic rings. The number of aromatic nitrogens is 1. The number of fused-ring (bicyclic) bond motifs is 2. The van der Waals surface area contributed by atoms with E-state index in [-0.39, 0.29) is 16.9 Å². The number of nitrogens with zero attached hydrogens (tertiary/aromatic N) is 2. The largest absolute Gasteiger partial charge is 0.364 e. The summed E-state index contributed by atoms with van der Waals surface area (Å²) >= 11 is 0. The minimum Gasteiger partial charge on any atom is -0.364 e. The van der Waals surface area contributed by atoms with Crippen LogP contribution in [0.3, 0.4) is 0 Å². The van der Waals surface area contributed by atoms with Crippen molar-refractivity contribution in [3.8, 4) is 0 Å². The van der Waals surface area contributed by atoms with Crippen LogP contribution < -0.4 is 0 Å². The molecule has 0 bridgehead atoms. The zero-order valence-corrected chi connectivity index (χ0v) is 13.6. The molecular weight excluding hydrogens is 300 g/mol. The molecule has 2 aliphatic heterocycles. The molecular formula is C20H20N2O2. The van der Waals surface area contributed by atoms with E-state index < -0.39 is 0 Å². The van der Waals surface area contributed by atoms with E-state index in [2.05, 4.69) is 29.2 Å². The van der Waals surface area contributed by atoms with Crippen molar-refractivity contribution in [3.05, 3.63) is 65.5 Å². The zero-order valence-electron chi connectivity index (χ0n) is 13.6. The normalized spacial score (nSPS) is 26.6. The van der Waals surface area contributed by atoms with Gasteiger partial charge in [-0.15, -0.1) is 0 Å². The Hall–Kier alpha value is -2.20. The Morgan fingerprint density at radius 2 is 1.92 bits per heavy atom. The van der Waals surface area contributed by atoms with Crippen molar-refractivity contribution < 1.29 is 9.53 Å². The maximum Gasteiger partial charge on any atom is 0.234 e. The lowest BCUT2D eigenvalue weighted by atomic mass is 9.91. The van der Waals surface area contributed by atoms with Crippen LogP contribution in [0, 0.1) is 0 Å². The highest BCUT2D eigenvalue weighted by molar-refractivity contribution is 5.91. The van der Waals surface area contributed by atoms with Gasteiger partial charge in [0.25, 0.3) is 0 Å². The van der Waals surface area contributed by atoms with Crippen LogP contribution in [0.5, 0.6) is 0 Å². The van der Waals surface area contributed by atoms with E-state index in [4.69, 9.17) is 4.74 Å². The summed E-state index contributed by atoms with van der Waals surface area (Å²) in [5.74, 6) is 0.228. The SMILES string of the molecule is O=C(N1CC[C@@]2(C1)OCc1ccccc12)C1(c2ccccn2)CC1. The van der Waals surface area contributed by atoms with Gasteiger partial charge in [-0.2, -0.15) is 0 Å². The molecule has 1 aliphatic carbocycles. The molecule has 1 atom stereocenters. The summed E-state index contributed by atoms with van der Waals surface area (Å²) < 4.78 is 6.18. The summed E-state index contributed by atoms with van der Waals surface area (Å²) in [5.41, 5.74) is 2.77. The molecule has 122 valence electrons. The van der Waals surface area contributed by atoms with E-state index in [1.807, 2.05) is 23.1 Å². The number of hydrogen-bond donors (Lipinski definition) is 0. The molecule has 1 aromatic heterocycles. The lowest BCUT2D eigenvalue weighted by Crippen LogP contribution is -2.40. The number of likely N-dealkylation sites (tertiary alicyclic amines) is 1. The summed E-state index contributed by atoms with van der Waals surface area (Å²) in [6, 6.07) is 14.3. The monoisotopic (exact) mass is 320 g/mol. The number of hydrogen-bond acceptors (Lipinski definition) is 3. The van der Waals surface area contributed by atoms with Crippen LogP contribution in [-0.2, 0) is 27.2 Å². The summed E-state index contributed by atoms with van der Waals surface area (Å²) in [6.07, 6.45) is 4.48. The van der Waals surface area contributed by atoms with Crippen molar-refractivity contribution >= 4 is 5.91 Å². The third-order valence-electron chi connectivity index (χ3n) is 5.85. The molecule has 4 heteroatoms. The van der Waals surface area contributed by atoms with E-state index in [0.29, 0.717) is 13.2 Å². The van der Waals surface area contributed by atoms with Crippen molar-refractivity contribution in [1.29, 1.82) is 0 Å². The van der Waals surface area contributed by atoms with Gasteiger partial charge in [0.1, 0.15) is 5.60 Å². The molecule has 0 radical (unpaired) electrons. The van der Waals surface area contributed by atoms with Gasteiger partial charge in [0, 0.05) is 12.7 Å². The Morgan fingerprint density at radius 3 is 2.71 bits per heavy atom. The molecule has 1 aromatic carbocycles. The maximum absolute atomic E-state index is 13.2. The lowest BCUT2D eigenvalue weighted by molar-refractivity contribution is -0.134. The number of carbonyl (C=O) groups excluding carboxylic acids is 1. The Morgan fingerprint density at radius 1 is 1.08 bits per heavy atom. The molecule has 2 aromatic rings. The van der Waals surface area contributed by atoms with Crippen molar-refractivity contribution in [2.75, 3.05) is 13.1 Å². The minimum atomic E-state index is -0.384. The van der Waals surface area contributed by atoms with Crippen LogP contribution in [0.4, 0.5) is 0 Å². The minimum absolute atomic E-state index is 0.228. The fourth-order valence-electron chi connectivity index (χ4n) is 4.33. The lowest BCUT2D eigenvalue weighted by Gasteiger charge is -2.27. The van der Waals surface area contributed by atoms with Gasteiger partial charge >= 0.3 is 0 Å². The Balaban J connectivity index is 1.42. The summed E-state index contributed by atoms with van der Waals surface area (Å²) in [6.45, 7) is 2.09. The topological polar surface area (TPSA) is 42.4 Å². The summed E-state index contributed by atoms with van der Waals surface area (Å²) in [5, 5.41) is 0. The predicted molar refractivity (Wildman–Crippen MR) is 89.3 cm³/mol. The van der Waals surface area contributed by atoms with Crippen LogP contribution in [0.25, 0.3) is 0 Å². The predicted octanol–water partition coefficient (Wildman–Crippen LogP) is 2.77. The number of benzene rings is 1. The van der Waals surface area contributed by atoms with Crippen LogP contribution in [0.15, 0.2) is 48.7 Å². The van der Waals surface area contributed by atoms with E-state index in [9.17, 15) is 4.79 Å². The average Bonchev–Trinajstić information content (AvgIpc) is 3.23. The van der Waals surface area contributed by atoms with Crippen LogP contribution >= 0.6 is 0 Å². The Labute approximate surface area is 141 Å². The molecule has 5 rings (SSSR count). The maximum atomic E-state index is 13.2. The summed E-state index contributed by atoms with van der Waals surface area (Å²) in [4.78, 5) is 19.7. The van der Waals surface area contributed by atoms with Gasteiger partial charge in [-0.1, -0.05) is 30.3 Å². The van der Waals surface area contributed by atoms with Crippen molar-refractivity contribution in [3.63, 3.8) is 0 Å². The van der Waals surface area contributed by atoms with Gasteiger partial charge in [-0.05, 0) is 42.5 Å². The Bertz CT molecular complexity index is 800. The second-order valence-electron chi connectivity index (χ2n) is 7.21. The zero-order chi connectivity index (χ0) is 16.2. The standard InChI is InChI=1S/C20H20N2O2/c23-18(19(8-9-19)17-7-3-4-11-21-17)22-12-10-20(14-22)16-6-2-1-5-15(16)13-24-20/h1-7,11H,8-10,12-14H2/t20-/m0/s1. The first-order valence-corrected chi connectivity index (χ1v) is 8.67. The number of carbonyl (C=O) groups is 1. The van der Waals surface area contributed by atoms with E-state index >= 15 is 0 Å². The highest BCUT2D eigenvalue weighted by Gasteiger charge is 2.57. The van der Waals surface area contributed by atoms with Crippen LogP contribution in [-0.4, -0.2) is 28.9 Å². The fraction of sp³-hybridized carbons (Fsp3) is 0.400. The van der Waals surface area contributed by atoms with Gasteiger partial charge < -0.3 is 9.64 Å². The highest BCUT2D eigenvalue weighted by Crippen LogP contribution is 2.51. The number of pyridine rings is 1. The van der Waals surface area contributed by atoms with E-state index in [1.54, 1.807) is 6.20 Å². The van der Waals surface area contributed by atoms with Gasteiger partial charge in [-0.3, -0.25) is 9.78 Å². The fourth-order valence-corrected chi connectivity index (χ4v) is 4.33. The molecule has 1 spiro atoms. The first kappa shape index (κ1) is 14.2. The summed E-state index contributed by atoms with van der Waals surface area (Å²) in [7, 11) is 0. The van der Waals surface area contributed by atoms with E-state index in [0.717, 1.165) is 31.5 Å². The quantitative estimate of drug-likeness (QED) is 0.854. The molecule has 3 heterocycles. The van der Waals surface area contributed by atoms with Crippen molar-refractivity contribution in [2.45, 2.75) is 36.9 Å². The van der Waals surface area contributed by atoms with E-state index in [1.165, 1.54) is 11.1 Å². The van der Waals surface area contributed by atoms with Gasteiger partial charge in [0.15, 0.2) is 0 Å². The third-order valence-corrected chi connectivity index (χ3v) is 5.85. The Kier molecular flexibility index (Phi) is 2.89.